The van der Waals surface area contributed by atoms with Crippen LogP contribution >= 0.6 is 17.2 Å². The van der Waals surface area contributed by atoms with Gasteiger partial charge in [-0.3, -0.25) is 0 Å². The Morgan fingerprint density at radius 2 is 0.929 bits per heavy atom. The van der Waals surface area contributed by atoms with Crippen molar-refractivity contribution in [2.24, 2.45) is 11.8 Å². The van der Waals surface area contributed by atoms with Crippen LogP contribution in [0.2, 0.25) is 0 Å². The fraction of sp³-hybridized carbons (Fsp3) is 0.231. The first-order chi connectivity index (χ1) is 27.1. The monoisotopic (exact) mass is 953 g/mol. The number of halogens is 2. The zero-order chi connectivity index (χ0) is 39.0. The van der Waals surface area contributed by atoms with Crippen LogP contribution in [0.5, 0.6) is 0 Å². The summed E-state index contributed by atoms with van der Waals surface area (Å²) in [5.41, 5.74) is 18.7. The van der Waals surface area contributed by atoms with Gasteiger partial charge in [-0.15, -0.1) is 0 Å². The van der Waals surface area contributed by atoms with E-state index in [9.17, 15) is 17.2 Å². The molecule has 281 valence electrons. The molecular weight excluding hydrogens is 902 g/mol. The Balaban J connectivity index is 1.38. The van der Waals surface area contributed by atoms with Crippen molar-refractivity contribution in [3.05, 3.63) is 172 Å². The van der Waals surface area contributed by atoms with Crippen molar-refractivity contribution < 1.29 is 16.1 Å². The van der Waals surface area contributed by atoms with Gasteiger partial charge in [0.05, 0.1) is 0 Å². The van der Waals surface area contributed by atoms with Crippen molar-refractivity contribution in [1.82, 2.24) is 0 Å². The van der Waals surface area contributed by atoms with E-state index in [-0.39, 0.29) is 19.2 Å². The predicted molar refractivity (Wildman–Crippen MR) is 245 cm³/mol. The quantitative estimate of drug-likeness (QED) is 0.127. The van der Waals surface area contributed by atoms with E-state index in [0.29, 0.717) is 0 Å². The molecule has 1 heterocycles. The molecule has 0 N–H and O–H groups in total. The first-order valence-corrected chi connectivity index (χ1v) is 37.0. The van der Waals surface area contributed by atoms with Gasteiger partial charge in [0.2, 0.25) is 0 Å². The Hall–Kier alpha value is -3.53. The Morgan fingerprint density at radius 3 is 1.43 bits per heavy atom. The van der Waals surface area contributed by atoms with Crippen molar-refractivity contribution in [3.63, 3.8) is 0 Å². The van der Waals surface area contributed by atoms with Gasteiger partial charge in [-0.1, -0.05) is 0 Å². The van der Waals surface area contributed by atoms with Crippen molar-refractivity contribution in [2.75, 3.05) is 0 Å². The summed E-state index contributed by atoms with van der Waals surface area (Å²) >= 11 is -5.80. The third-order valence-corrected chi connectivity index (χ3v) is 44.8. The summed E-state index contributed by atoms with van der Waals surface area (Å²) < 4.78 is 1.12. The van der Waals surface area contributed by atoms with Gasteiger partial charge in [-0.25, -0.2) is 0 Å². The molecule has 3 aliphatic rings. The maximum absolute atomic E-state index is 9.33. The normalized spacial score (nSPS) is 18.0. The first-order valence-electron chi connectivity index (χ1n) is 20.7. The van der Waals surface area contributed by atoms with Crippen LogP contribution in [0.25, 0.3) is 45.5 Å². The predicted octanol–water partition coefficient (Wildman–Crippen LogP) is 12.5. The van der Waals surface area contributed by atoms with Crippen LogP contribution in [0.1, 0.15) is 82.3 Å². The SMILES string of the molecule is CCc1ccccc1-c1cccc2c1C=C(C(C)C)[CH]2[Hf]([Cl])([Cl])([c]1cccc2c1[SiH2]c1ccccc1-2)[CH]1C(C(C)C)=Cc2c(-c3ccccc3CC)cccc21. The molecule has 0 saturated heterocycles. The van der Waals surface area contributed by atoms with Gasteiger partial charge in [0.25, 0.3) is 0 Å². The average Bonchev–Trinajstić information content (AvgIpc) is 3.94. The molecule has 0 amide bonds. The van der Waals surface area contributed by atoms with E-state index in [2.05, 4.69) is 181 Å². The zero-order valence-electron chi connectivity index (χ0n) is 33.5. The molecule has 2 unspecified atom stereocenters. The van der Waals surface area contributed by atoms with E-state index < -0.39 is 25.7 Å². The van der Waals surface area contributed by atoms with E-state index in [1.54, 1.807) is 0 Å². The zero-order valence-corrected chi connectivity index (χ0v) is 40.0. The first kappa shape index (κ1) is 38.0. The molecule has 0 aromatic heterocycles. The molecule has 0 spiro atoms. The fourth-order valence-electron chi connectivity index (χ4n) is 10.8. The number of fused-ring (bicyclic) bond motifs is 5. The minimum atomic E-state index is -5.80. The van der Waals surface area contributed by atoms with Gasteiger partial charge in [-0.2, -0.15) is 0 Å². The number of allylic oxidation sites excluding steroid dienone is 2. The second kappa shape index (κ2) is 14.4. The number of hydrogen-bond donors (Lipinski definition) is 0. The Morgan fingerprint density at radius 1 is 0.500 bits per heavy atom. The van der Waals surface area contributed by atoms with E-state index in [0.717, 1.165) is 12.8 Å². The molecule has 0 bridgehead atoms. The average molecular weight is 953 g/mol. The van der Waals surface area contributed by atoms with E-state index >= 15 is 0 Å². The number of hydrogen-bond acceptors (Lipinski definition) is 0. The Kier molecular flexibility index (Phi) is 9.76. The number of rotatable bonds is 9. The van der Waals surface area contributed by atoms with Crippen molar-refractivity contribution in [3.8, 4) is 33.4 Å². The van der Waals surface area contributed by atoms with E-state index in [4.69, 9.17) is 0 Å². The molecule has 56 heavy (non-hydrogen) atoms. The van der Waals surface area contributed by atoms with Crippen LogP contribution in [-0.2, 0) is 29.0 Å². The summed E-state index contributed by atoms with van der Waals surface area (Å²) in [5, 5.41) is 2.97. The van der Waals surface area contributed by atoms with Crippen molar-refractivity contribution >= 4 is 52.5 Å². The van der Waals surface area contributed by atoms with E-state index in [1.165, 1.54) is 91.6 Å². The molecule has 2 atom stereocenters. The van der Waals surface area contributed by atoms with Crippen LogP contribution in [0, 0.1) is 11.8 Å². The molecule has 0 fully saturated rings. The summed E-state index contributed by atoms with van der Waals surface area (Å²) in [6.07, 6.45) is 6.99. The standard InChI is InChI=1S/2C20H21.C12H9Si.2ClH.Hf/c2*1-4-15-8-5-6-10-18(15)19-11-7-9-16-12-17(14(2)3)13-20(16)19;1-3-7-11-9(5-1)10-6-2-4-8-12(10)13-11;;;/h2*5-14H,4H2,1-3H3;1-7H,13H2;2*1H;/q;;;;;+2/p-2. The Labute approximate surface area is 344 Å². The van der Waals surface area contributed by atoms with Crippen LogP contribution in [0.3, 0.4) is 0 Å². The van der Waals surface area contributed by atoms with Gasteiger partial charge in [-0.05, 0) is 0 Å². The molecule has 6 aromatic carbocycles. The summed E-state index contributed by atoms with van der Waals surface area (Å²) in [6.45, 7) is 14.0. The number of benzene rings is 6. The molecule has 0 radical (unpaired) electrons. The maximum atomic E-state index is 9.33. The Bertz CT molecular complexity index is 2480. The molecule has 6 aromatic rings. The third kappa shape index (κ3) is 5.68. The van der Waals surface area contributed by atoms with Gasteiger partial charge >= 0.3 is 348 Å². The van der Waals surface area contributed by atoms with Gasteiger partial charge < -0.3 is 0 Å². The van der Waals surface area contributed by atoms with Crippen molar-refractivity contribution in [1.29, 1.82) is 0 Å². The minimum absolute atomic E-state index is 0.0898. The van der Waals surface area contributed by atoms with Crippen LogP contribution in [0.4, 0.5) is 0 Å². The molecule has 1 aliphatic heterocycles. The summed E-state index contributed by atoms with van der Waals surface area (Å²) in [5.74, 6) is 0.520. The van der Waals surface area contributed by atoms with Gasteiger partial charge in [0.15, 0.2) is 0 Å². The number of aryl methyl sites for hydroxylation is 2. The summed E-state index contributed by atoms with van der Waals surface area (Å²) in [4.78, 5) is 0. The van der Waals surface area contributed by atoms with Gasteiger partial charge in [0.1, 0.15) is 0 Å². The topological polar surface area (TPSA) is 0 Å². The molecule has 2 aliphatic carbocycles. The van der Waals surface area contributed by atoms with Crippen LogP contribution < -0.4 is 13.7 Å². The second-order valence-corrected chi connectivity index (χ2v) is 48.0. The second-order valence-electron chi connectivity index (χ2n) is 16.9. The van der Waals surface area contributed by atoms with Gasteiger partial charge in [0, 0.05) is 0 Å². The molecular formula is C52H51Cl2HfSi. The molecule has 0 nitrogen and oxygen atoms in total. The summed E-state index contributed by atoms with van der Waals surface area (Å²) in [7, 11) is 17.8. The fourth-order valence-corrected chi connectivity index (χ4v) is 50.3. The van der Waals surface area contributed by atoms with Crippen molar-refractivity contribution in [2.45, 2.75) is 61.7 Å². The molecule has 4 heteroatoms. The molecule has 9 rings (SSSR count). The molecule has 0 saturated carbocycles. The van der Waals surface area contributed by atoms with E-state index in [1.807, 2.05) is 0 Å². The summed E-state index contributed by atoms with van der Waals surface area (Å²) in [6, 6.07) is 47.9. The third-order valence-electron chi connectivity index (χ3n) is 13.3. The van der Waals surface area contributed by atoms with Crippen LogP contribution in [-0.4, -0.2) is 9.52 Å². The van der Waals surface area contributed by atoms with Crippen LogP contribution in [0.15, 0.2) is 139 Å².